The lowest BCUT2D eigenvalue weighted by atomic mass is 10.2. The fourth-order valence-corrected chi connectivity index (χ4v) is 2.99. The van der Waals surface area contributed by atoms with Crippen LogP contribution < -0.4 is 16.3 Å². The molecule has 0 aliphatic carbocycles. The van der Waals surface area contributed by atoms with E-state index in [1.54, 1.807) is 0 Å². The fraction of sp³-hybridized carbons (Fsp3) is 0.143. The third kappa shape index (κ3) is 5.86. The van der Waals surface area contributed by atoms with Gasteiger partial charge in [-0.05, 0) is 12.1 Å². The molecule has 1 amide bonds. The molecule has 1 aromatic carbocycles. The second-order valence-electron chi connectivity index (χ2n) is 7.32. The predicted molar refractivity (Wildman–Crippen MR) is 114 cm³/mol. The molecule has 15 heteroatoms. The van der Waals surface area contributed by atoms with Crippen molar-refractivity contribution >= 4 is 11.7 Å². The molecule has 0 bridgehead atoms. The van der Waals surface area contributed by atoms with Gasteiger partial charge in [-0.2, -0.15) is 18.3 Å². The molecule has 3 aromatic heterocycles. The lowest BCUT2D eigenvalue weighted by molar-refractivity contribution is -0.137. The van der Waals surface area contributed by atoms with Crippen molar-refractivity contribution in [2.75, 3.05) is 5.32 Å². The van der Waals surface area contributed by atoms with Crippen molar-refractivity contribution in [3.05, 3.63) is 87.5 Å². The van der Waals surface area contributed by atoms with Crippen LogP contribution >= 0.6 is 0 Å². The average molecular weight is 506 g/mol. The van der Waals surface area contributed by atoms with E-state index in [9.17, 15) is 31.5 Å². The molecule has 0 saturated heterocycles. The molecule has 0 atom stereocenters. The molecular weight excluding hydrogens is 491 g/mol. The van der Waals surface area contributed by atoms with Crippen LogP contribution in [-0.4, -0.2) is 36.0 Å². The van der Waals surface area contributed by atoms with Crippen molar-refractivity contribution in [3.63, 3.8) is 0 Å². The third-order valence-corrected chi connectivity index (χ3v) is 4.72. The molecule has 36 heavy (non-hydrogen) atoms. The van der Waals surface area contributed by atoms with Gasteiger partial charge in [-0.3, -0.25) is 14.8 Å². The van der Waals surface area contributed by atoms with Gasteiger partial charge in [0.15, 0.2) is 5.82 Å². The van der Waals surface area contributed by atoms with Crippen molar-refractivity contribution in [1.29, 1.82) is 0 Å². The number of H-pyrrole nitrogens is 2. The van der Waals surface area contributed by atoms with Crippen LogP contribution in [0.25, 0.3) is 11.4 Å². The first kappa shape index (κ1) is 24.4. The van der Waals surface area contributed by atoms with Crippen LogP contribution in [0.15, 0.2) is 47.5 Å². The van der Waals surface area contributed by atoms with Gasteiger partial charge < -0.3 is 10.6 Å². The van der Waals surface area contributed by atoms with E-state index in [1.807, 2.05) is 0 Å². The maximum Gasteiger partial charge on any atom is 0.417 e. The van der Waals surface area contributed by atoms with E-state index in [0.717, 1.165) is 18.3 Å². The Hall–Kier alpha value is -4.69. The van der Waals surface area contributed by atoms with Crippen LogP contribution in [0.5, 0.6) is 0 Å². The average Bonchev–Trinajstić information content (AvgIpc) is 3.26. The normalized spacial score (nSPS) is 11.4. The number of aromatic amines is 2. The van der Waals surface area contributed by atoms with E-state index in [0.29, 0.717) is 12.3 Å². The van der Waals surface area contributed by atoms with Crippen LogP contribution in [0.3, 0.4) is 0 Å². The number of benzene rings is 1. The number of carbonyl (C=O) groups is 1. The van der Waals surface area contributed by atoms with Gasteiger partial charge >= 0.3 is 11.9 Å². The first-order valence-electron chi connectivity index (χ1n) is 10.1. The Kier molecular flexibility index (Phi) is 6.71. The molecule has 0 aliphatic rings. The third-order valence-electron chi connectivity index (χ3n) is 4.72. The molecule has 4 rings (SSSR count). The number of alkyl halides is 3. The monoisotopic (exact) mass is 506 g/mol. The number of hydrogen-bond donors (Lipinski definition) is 4. The minimum absolute atomic E-state index is 0.0283. The summed E-state index contributed by atoms with van der Waals surface area (Å²) in [4.78, 5) is 37.9. The van der Waals surface area contributed by atoms with Gasteiger partial charge in [0, 0.05) is 42.2 Å². The van der Waals surface area contributed by atoms with E-state index >= 15 is 0 Å². The number of nitrogens with one attached hydrogen (secondary N) is 4. The number of hydrogen-bond acceptors (Lipinski definition) is 7. The highest BCUT2D eigenvalue weighted by Gasteiger charge is 2.31. The van der Waals surface area contributed by atoms with Crippen molar-refractivity contribution in [3.8, 4) is 11.4 Å². The summed E-state index contributed by atoms with van der Waals surface area (Å²) in [6.45, 7) is -0.370. The van der Waals surface area contributed by atoms with Gasteiger partial charge in [-0.1, -0.05) is 6.07 Å². The minimum Gasteiger partial charge on any atom is -0.366 e. The Morgan fingerprint density at radius 1 is 1.03 bits per heavy atom. The van der Waals surface area contributed by atoms with Gasteiger partial charge in [-0.15, -0.1) is 0 Å². The van der Waals surface area contributed by atoms with E-state index < -0.39 is 35.0 Å². The second kappa shape index (κ2) is 9.89. The largest absolute Gasteiger partial charge is 0.417 e. The van der Waals surface area contributed by atoms with Gasteiger partial charge in [0.25, 0.3) is 5.91 Å². The summed E-state index contributed by atoms with van der Waals surface area (Å²) < 4.78 is 66.6. The molecule has 186 valence electrons. The summed E-state index contributed by atoms with van der Waals surface area (Å²) in [7, 11) is 0. The molecule has 0 saturated carbocycles. The number of amides is 1. The maximum absolute atomic E-state index is 14.0. The van der Waals surface area contributed by atoms with E-state index in [4.69, 9.17) is 0 Å². The summed E-state index contributed by atoms with van der Waals surface area (Å²) >= 11 is 0. The molecule has 4 N–H and O–H groups in total. The highest BCUT2D eigenvalue weighted by atomic mass is 19.4. The zero-order chi connectivity index (χ0) is 25.9. The number of pyridine rings is 1. The van der Waals surface area contributed by atoms with Crippen LogP contribution in [0, 0.1) is 11.6 Å². The molecule has 0 spiro atoms. The van der Waals surface area contributed by atoms with Gasteiger partial charge in [0.1, 0.15) is 29.0 Å². The highest BCUT2D eigenvalue weighted by Crippen LogP contribution is 2.31. The molecule has 10 nitrogen and oxygen atoms in total. The Morgan fingerprint density at radius 2 is 1.83 bits per heavy atom. The zero-order valence-electron chi connectivity index (χ0n) is 18.0. The number of halogens is 5. The predicted octanol–water partition coefficient (Wildman–Crippen LogP) is 2.79. The molecular formula is C21H15F5N8O2. The summed E-state index contributed by atoms with van der Waals surface area (Å²) in [5.41, 5.74) is -1.95. The molecule has 0 aliphatic heterocycles. The zero-order valence-corrected chi connectivity index (χ0v) is 18.0. The van der Waals surface area contributed by atoms with Crippen LogP contribution in [0.4, 0.5) is 27.8 Å². The van der Waals surface area contributed by atoms with Crippen molar-refractivity contribution in [2.24, 2.45) is 0 Å². The van der Waals surface area contributed by atoms with Gasteiger partial charge in [-0.25, -0.2) is 28.6 Å². The number of carbonyl (C=O) groups excluding carboxylic acids is 1. The lowest BCUT2D eigenvalue weighted by Crippen LogP contribution is -2.25. The SMILES string of the molecule is O=C(NCc1n[nH]c(=O)[nH]1)c1cc(NCc2ccc(F)cc2F)nc(-c2cncc(C(F)(F)F)c2)n1. The highest BCUT2D eigenvalue weighted by molar-refractivity contribution is 5.93. The standard InChI is InChI=1S/C21H15F5N8O2/c22-13-2-1-10(14(23)4-13)7-28-16-5-15(19(35)29-9-17-32-20(36)34-33-17)30-18(31-16)11-3-12(8-27-6-11)21(24,25)26/h1-6,8H,7,9H2,(H,29,35)(H,28,30,31)(H2,32,33,34,36). The topological polar surface area (TPSA) is 141 Å². The van der Waals surface area contributed by atoms with Crippen molar-refractivity contribution in [2.45, 2.75) is 19.3 Å². The van der Waals surface area contributed by atoms with E-state index in [2.05, 4.69) is 40.8 Å². The summed E-state index contributed by atoms with van der Waals surface area (Å²) in [6.07, 6.45) is -2.97. The first-order chi connectivity index (χ1) is 17.1. The smallest absolute Gasteiger partial charge is 0.366 e. The maximum atomic E-state index is 14.0. The Morgan fingerprint density at radius 3 is 2.53 bits per heavy atom. The Bertz CT molecular complexity index is 1470. The van der Waals surface area contributed by atoms with Crippen LogP contribution in [0.2, 0.25) is 0 Å². The molecule has 4 aromatic rings. The number of aromatic nitrogens is 6. The Labute approximate surface area is 198 Å². The van der Waals surface area contributed by atoms with Crippen LogP contribution in [-0.2, 0) is 19.3 Å². The number of rotatable bonds is 7. The quantitative estimate of drug-likeness (QED) is 0.283. The second-order valence-corrected chi connectivity index (χ2v) is 7.32. The first-order valence-corrected chi connectivity index (χ1v) is 10.1. The summed E-state index contributed by atoms with van der Waals surface area (Å²) in [6, 6.07) is 4.90. The number of nitrogens with zero attached hydrogens (tertiary/aromatic N) is 4. The molecule has 3 heterocycles. The summed E-state index contributed by atoms with van der Waals surface area (Å²) in [5.74, 6) is -2.54. The van der Waals surface area contributed by atoms with Gasteiger partial charge in [0.2, 0.25) is 0 Å². The molecule has 0 fully saturated rings. The molecule has 0 unspecified atom stereocenters. The molecule has 0 radical (unpaired) electrons. The van der Waals surface area contributed by atoms with Gasteiger partial charge in [0.05, 0.1) is 12.1 Å². The lowest BCUT2D eigenvalue weighted by Gasteiger charge is -2.12. The Balaban J connectivity index is 1.65. The van der Waals surface area contributed by atoms with Crippen molar-refractivity contribution < 1.29 is 26.7 Å². The van der Waals surface area contributed by atoms with E-state index in [1.165, 1.54) is 12.1 Å². The van der Waals surface area contributed by atoms with Crippen molar-refractivity contribution in [1.82, 2.24) is 35.5 Å². The number of anilines is 1. The minimum atomic E-state index is -4.68. The summed E-state index contributed by atoms with van der Waals surface area (Å²) in [5, 5.41) is 11.0. The van der Waals surface area contributed by atoms with E-state index in [-0.39, 0.29) is 47.4 Å². The van der Waals surface area contributed by atoms with Crippen LogP contribution in [0.1, 0.15) is 27.4 Å². The fourth-order valence-electron chi connectivity index (χ4n) is 2.99.